The van der Waals surface area contributed by atoms with Gasteiger partial charge in [0.1, 0.15) is 0 Å². The Kier molecular flexibility index (Phi) is 25.3. The van der Waals surface area contributed by atoms with E-state index in [1.807, 2.05) is 0 Å². The van der Waals surface area contributed by atoms with Gasteiger partial charge in [0.25, 0.3) is 0 Å². The smallest absolute Gasteiger partial charge is 0.00368 e. The summed E-state index contributed by atoms with van der Waals surface area (Å²) in [7, 11) is 0. The van der Waals surface area contributed by atoms with Crippen LogP contribution in [0.15, 0.2) is 12.2 Å². The molecule has 0 aromatic carbocycles. The van der Waals surface area contributed by atoms with E-state index in [2.05, 4.69) is 29.7 Å². The molecule has 4 N–H and O–H groups in total. The van der Waals surface area contributed by atoms with Crippen LogP contribution < -0.4 is 16.4 Å². The lowest BCUT2D eigenvalue weighted by Crippen LogP contribution is -2.24. The topological polar surface area (TPSA) is 50.1 Å². The van der Waals surface area contributed by atoms with Crippen molar-refractivity contribution < 1.29 is 0 Å². The van der Waals surface area contributed by atoms with E-state index < -0.39 is 0 Å². The van der Waals surface area contributed by atoms with Crippen LogP contribution in [0, 0.1) is 0 Å². The van der Waals surface area contributed by atoms with Crippen molar-refractivity contribution in [1.82, 2.24) is 10.6 Å². The zero-order valence-corrected chi connectivity index (χ0v) is 18.6. The molecular weight excluding hydrogens is 330 g/mol. The molecule has 0 aromatic heterocycles. The van der Waals surface area contributed by atoms with E-state index in [4.69, 9.17) is 5.73 Å². The van der Waals surface area contributed by atoms with Gasteiger partial charge in [-0.1, -0.05) is 76.9 Å². The van der Waals surface area contributed by atoms with E-state index in [-0.39, 0.29) is 0 Å². The fourth-order valence-electron chi connectivity index (χ4n) is 3.31. The van der Waals surface area contributed by atoms with E-state index >= 15 is 0 Å². The second-order valence-electron chi connectivity index (χ2n) is 7.93. The summed E-state index contributed by atoms with van der Waals surface area (Å²) < 4.78 is 0. The third kappa shape index (κ3) is 25.6. The fraction of sp³-hybridized carbons (Fsp3) is 0.917. The van der Waals surface area contributed by atoms with Crippen LogP contribution in [0.25, 0.3) is 0 Å². The molecule has 0 bridgehead atoms. The first-order valence-corrected chi connectivity index (χ1v) is 12.2. The molecule has 0 aliphatic heterocycles. The summed E-state index contributed by atoms with van der Waals surface area (Å²) in [5.41, 5.74) is 5.47. The first kappa shape index (κ1) is 26.6. The van der Waals surface area contributed by atoms with Crippen LogP contribution in [0.5, 0.6) is 0 Å². The third-order valence-corrected chi connectivity index (χ3v) is 5.13. The Morgan fingerprint density at radius 3 is 1.52 bits per heavy atom. The quantitative estimate of drug-likeness (QED) is 0.152. The number of hydrogen-bond acceptors (Lipinski definition) is 3. The minimum atomic E-state index is 0.793. The molecule has 0 amide bonds. The molecule has 0 heterocycles. The van der Waals surface area contributed by atoms with Gasteiger partial charge in [-0.3, -0.25) is 0 Å². The Labute approximate surface area is 171 Å². The molecule has 0 spiro atoms. The van der Waals surface area contributed by atoms with Crippen LogP contribution in [0.2, 0.25) is 0 Å². The van der Waals surface area contributed by atoms with Crippen molar-refractivity contribution in [3.8, 4) is 0 Å². The molecule has 0 aliphatic rings. The molecule has 0 fully saturated rings. The van der Waals surface area contributed by atoms with Gasteiger partial charge in [0.15, 0.2) is 0 Å². The highest BCUT2D eigenvalue weighted by molar-refractivity contribution is 4.81. The zero-order chi connectivity index (χ0) is 19.7. The average molecular weight is 382 g/mol. The van der Waals surface area contributed by atoms with E-state index in [9.17, 15) is 0 Å². The van der Waals surface area contributed by atoms with Crippen molar-refractivity contribution in [2.75, 3.05) is 32.7 Å². The minimum absolute atomic E-state index is 0.793. The summed E-state index contributed by atoms with van der Waals surface area (Å²) in [6, 6.07) is 0. The number of nitrogens with two attached hydrogens (primary N) is 1. The van der Waals surface area contributed by atoms with Gasteiger partial charge < -0.3 is 16.4 Å². The zero-order valence-electron chi connectivity index (χ0n) is 18.6. The van der Waals surface area contributed by atoms with Crippen molar-refractivity contribution >= 4 is 0 Å². The highest BCUT2D eigenvalue weighted by atomic mass is 14.9. The van der Waals surface area contributed by atoms with Crippen LogP contribution in [-0.2, 0) is 0 Å². The fourth-order valence-corrected chi connectivity index (χ4v) is 3.31. The Hall–Kier alpha value is -0.380. The maximum absolute atomic E-state index is 5.47. The molecule has 0 saturated heterocycles. The summed E-state index contributed by atoms with van der Waals surface area (Å²) in [5.74, 6) is 0. The van der Waals surface area contributed by atoms with E-state index in [0.29, 0.717) is 0 Å². The molecule has 27 heavy (non-hydrogen) atoms. The van der Waals surface area contributed by atoms with Gasteiger partial charge in [0.05, 0.1) is 0 Å². The maximum Gasteiger partial charge on any atom is -0.00368 e. The van der Waals surface area contributed by atoms with E-state index in [1.54, 1.807) is 0 Å². The second kappa shape index (κ2) is 25.6. The lowest BCUT2D eigenvalue weighted by molar-refractivity contribution is 0.548. The van der Waals surface area contributed by atoms with Gasteiger partial charge in [-0.25, -0.2) is 0 Å². The summed E-state index contributed by atoms with van der Waals surface area (Å²) in [4.78, 5) is 0. The lowest BCUT2D eigenvalue weighted by Gasteiger charge is -2.06. The highest BCUT2D eigenvalue weighted by Gasteiger charge is 1.93. The Morgan fingerprint density at radius 1 is 0.519 bits per heavy atom. The van der Waals surface area contributed by atoms with Gasteiger partial charge in [0, 0.05) is 0 Å². The van der Waals surface area contributed by atoms with Gasteiger partial charge >= 0.3 is 0 Å². The molecule has 162 valence electrons. The average Bonchev–Trinajstić information content (AvgIpc) is 2.68. The summed E-state index contributed by atoms with van der Waals surface area (Å²) in [6.45, 7) is 7.57. The maximum atomic E-state index is 5.47. The van der Waals surface area contributed by atoms with Gasteiger partial charge in [-0.05, 0) is 77.7 Å². The number of hydrogen-bond donors (Lipinski definition) is 3. The van der Waals surface area contributed by atoms with Gasteiger partial charge in [-0.15, -0.1) is 0 Å². The molecule has 0 atom stereocenters. The SMILES string of the molecule is CCCCCCCC/C=C/CCCCCCCCNCCCNCCCN. The van der Waals surface area contributed by atoms with E-state index in [0.717, 1.165) is 32.6 Å². The molecule has 0 unspecified atom stereocenters. The molecule has 0 saturated carbocycles. The molecule has 0 aromatic rings. The predicted molar refractivity (Wildman–Crippen MR) is 123 cm³/mol. The predicted octanol–water partition coefficient (Wildman–Crippen LogP) is 5.94. The van der Waals surface area contributed by atoms with Gasteiger partial charge in [0.2, 0.25) is 0 Å². The van der Waals surface area contributed by atoms with Crippen LogP contribution >= 0.6 is 0 Å². The largest absolute Gasteiger partial charge is 0.330 e. The Morgan fingerprint density at radius 2 is 0.963 bits per heavy atom. The molecule has 3 nitrogen and oxygen atoms in total. The van der Waals surface area contributed by atoms with Crippen LogP contribution in [0.1, 0.15) is 110 Å². The van der Waals surface area contributed by atoms with Crippen molar-refractivity contribution in [3.63, 3.8) is 0 Å². The standard InChI is InChI=1S/C24H51N3/c1-2-3-4-5-6-7-8-9-10-11-12-13-14-15-16-17-21-26-23-19-24-27-22-18-20-25/h9-10,26-27H,2-8,11-25H2,1H3/b10-9+. The number of allylic oxidation sites excluding steroid dienone is 2. The van der Waals surface area contributed by atoms with Crippen LogP contribution in [-0.4, -0.2) is 32.7 Å². The highest BCUT2D eigenvalue weighted by Crippen LogP contribution is 2.09. The number of nitrogens with one attached hydrogen (secondary N) is 2. The summed E-state index contributed by atoms with van der Waals surface area (Å²) in [6.07, 6.45) is 26.5. The van der Waals surface area contributed by atoms with Crippen molar-refractivity contribution in [2.24, 2.45) is 5.73 Å². The van der Waals surface area contributed by atoms with E-state index in [1.165, 1.54) is 103 Å². The summed E-state index contributed by atoms with van der Waals surface area (Å²) >= 11 is 0. The molecular formula is C24H51N3. The van der Waals surface area contributed by atoms with Crippen LogP contribution in [0.3, 0.4) is 0 Å². The van der Waals surface area contributed by atoms with Crippen molar-refractivity contribution in [3.05, 3.63) is 12.2 Å². The monoisotopic (exact) mass is 381 g/mol. The second-order valence-corrected chi connectivity index (χ2v) is 7.93. The molecule has 0 rings (SSSR count). The first-order valence-electron chi connectivity index (χ1n) is 12.2. The normalized spacial score (nSPS) is 11.6. The molecule has 3 heteroatoms. The molecule has 0 aliphatic carbocycles. The summed E-state index contributed by atoms with van der Waals surface area (Å²) in [5, 5.41) is 6.97. The lowest BCUT2D eigenvalue weighted by atomic mass is 10.1. The van der Waals surface area contributed by atoms with Gasteiger partial charge in [-0.2, -0.15) is 0 Å². The van der Waals surface area contributed by atoms with Crippen molar-refractivity contribution in [1.29, 1.82) is 0 Å². The van der Waals surface area contributed by atoms with Crippen molar-refractivity contribution in [2.45, 2.75) is 110 Å². The first-order chi connectivity index (χ1) is 13.4. The third-order valence-electron chi connectivity index (χ3n) is 5.13. The Bertz CT molecular complexity index is 279. The van der Waals surface area contributed by atoms with Crippen LogP contribution in [0.4, 0.5) is 0 Å². The minimum Gasteiger partial charge on any atom is -0.330 e. The number of rotatable bonds is 23. The molecule has 0 radical (unpaired) electrons. The Balaban J connectivity index is 3.03. The number of unbranched alkanes of at least 4 members (excludes halogenated alkanes) is 12.